The smallest absolute Gasteiger partial charge is 0.343 e. The van der Waals surface area contributed by atoms with Crippen molar-refractivity contribution < 1.29 is 22.8 Å². The first-order valence-electron chi connectivity index (χ1n) is 8.09. The average Bonchev–Trinajstić information content (AvgIpc) is 2.60. The van der Waals surface area contributed by atoms with Crippen LogP contribution in [0.2, 0.25) is 0 Å². The molecule has 0 atom stereocenters. The molecule has 27 heavy (non-hydrogen) atoms. The summed E-state index contributed by atoms with van der Waals surface area (Å²) in [5.74, 6) is -0.948. The van der Waals surface area contributed by atoms with Gasteiger partial charge in [-0.05, 0) is 43.7 Å². The van der Waals surface area contributed by atoms with E-state index in [-0.39, 0.29) is 17.2 Å². The van der Waals surface area contributed by atoms with E-state index in [1.165, 1.54) is 30.0 Å². The minimum absolute atomic E-state index is 0.0410. The Hall–Kier alpha value is -2.48. The number of carbonyl (C=O) groups excluding carboxylic acids is 2. The lowest BCUT2D eigenvalue weighted by Gasteiger charge is -2.10. The molecule has 0 saturated carbocycles. The van der Waals surface area contributed by atoms with Crippen LogP contribution in [0.4, 0.5) is 18.9 Å². The molecular formula is C19H19F3N2O2S. The molecule has 0 heterocycles. The minimum Gasteiger partial charge on any atom is -0.343 e. The number of hydrogen-bond acceptors (Lipinski definition) is 3. The second-order valence-corrected chi connectivity index (χ2v) is 7.00. The number of benzene rings is 2. The third kappa shape index (κ3) is 6.97. The second kappa shape index (κ2) is 8.94. The monoisotopic (exact) mass is 396 g/mol. The Bertz CT molecular complexity index is 838. The molecule has 2 aromatic carbocycles. The van der Waals surface area contributed by atoms with Crippen LogP contribution >= 0.6 is 11.8 Å². The topological polar surface area (TPSA) is 58.2 Å². The number of anilines is 1. The summed E-state index contributed by atoms with van der Waals surface area (Å²) in [4.78, 5) is 24.9. The van der Waals surface area contributed by atoms with Gasteiger partial charge < -0.3 is 10.6 Å². The van der Waals surface area contributed by atoms with Gasteiger partial charge in [0.15, 0.2) is 0 Å². The molecule has 2 N–H and O–H groups in total. The van der Waals surface area contributed by atoms with Crippen LogP contribution in [0.25, 0.3) is 0 Å². The molecule has 0 fully saturated rings. The molecule has 144 valence electrons. The summed E-state index contributed by atoms with van der Waals surface area (Å²) in [7, 11) is 0. The summed E-state index contributed by atoms with van der Waals surface area (Å²) in [5, 5.41) is 4.45. The van der Waals surface area contributed by atoms with Crippen molar-refractivity contribution in [2.75, 3.05) is 17.6 Å². The summed E-state index contributed by atoms with van der Waals surface area (Å²) < 4.78 is 36.6. The van der Waals surface area contributed by atoms with Gasteiger partial charge in [0, 0.05) is 16.1 Å². The molecule has 0 bridgehead atoms. The molecule has 2 aromatic rings. The standard InChI is InChI=1S/C19H19F3N2O2S/c1-12-6-7-13(2)16(8-12)27-10-17(25)24-15-5-3-4-14(9-15)18(26)23-11-19(20,21)22/h3-9H,10-11H2,1-2H3,(H,23,26)(H,24,25). The number of alkyl halides is 3. The van der Waals surface area contributed by atoms with E-state index in [4.69, 9.17) is 0 Å². The molecule has 0 aliphatic carbocycles. The molecule has 2 amide bonds. The highest BCUT2D eigenvalue weighted by molar-refractivity contribution is 8.00. The molecule has 0 radical (unpaired) electrons. The van der Waals surface area contributed by atoms with Crippen LogP contribution in [-0.2, 0) is 4.79 Å². The molecule has 0 aromatic heterocycles. The predicted octanol–water partition coefficient (Wildman–Crippen LogP) is 4.33. The van der Waals surface area contributed by atoms with E-state index in [1.807, 2.05) is 32.0 Å². The van der Waals surface area contributed by atoms with Crippen molar-refractivity contribution in [3.63, 3.8) is 0 Å². The molecule has 0 aliphatic rings. The van der Waals surface area contributed by atoms with Crippen LogP contribution in [-0.4, -0.2) is 30.3 Å². The molecule has 0 spiro atoms. The maximum absolute atomic E-state index is 12.2. The van der Waals surface area contributed by atoms with Crippen LogP contribution in [0.1, 0.15) is 21.5 Å². The highest BCUT2D eigenvalue weighted by Gasteiger charge is 2.27. The van der Waals surface area contributed by atoms with Gasteiger partial charge in [0.2, 0.25) is 5.91 Å². The maximum Gasteiger partial charge on any atom is 0.405 e. The number of rotatable bonds is 6. The average molecular weight is 396 g/mol. The Morgan fingerprint density at radius 3 is 2.52 bits per heavy atom. The van der Waals surface area contributed by atoms with Gasteiger partial charge in [0.1, 0.15) is 6.54 Å². The zero-order valence-electron chi connectivity index (χ0n) is 14.8. The van der Waals surface area contributed by atoms with Gasteiger partial charge in [-0.25, -0.2) is 0 Å². The van der Waals surface area contributed by atoms with Crippen molar-refractivity contribution in [3.05, 3.63) is 59.2 Å². The van der Waals surface area contributed by atoms with Gasteiger partial charge in [-0.1, -0.05) is 23.8 Å². The fourth-order valence-corrected chi connectivity index (χ4v) is 3.15. The van der Waals surface area contributed by atoms with Crippen LogP contribution in [0, 0.1) is 13.8 Å². The fourth-order valence-electron chi connectivity index (χ4n) is 2.22. The SMILES string of the molecule is Cc1ccc(C)c(SCC(=O)Nc2cccc(C(=O)NCC(F)(F)F)c2)c1. The summed E-state index contributed by atoms with van der Waals surface area (Å²) in [6, 6.07) is 11.8. The number of nitrogens with one attached hydrogen (secondary N) is 2. The van der Waals surface area contributed by atoms with Gasteiger partial charge in [-0.2, -0.15) is 13.2 Å². The quantitative estimate of drug-likeness (QED) is 0.715. The van der Waals surface area contributed by atoms with Crippen LogP contribution in [0.3, 0.4) is 0 Å². The Labute approximate surface area is 159 Å². The Morgan fingerprint density at radius 1 is 1.07 bits per heavy atom. The largest absolute Gasteiger partial charge is 0.405 e. The predicted molar refractivity (Wildman–Crippen MR) is 100 cm³/mol. The number of amides is 2. The number of hydrogen-bond donors (Lipinski definition) is 2. The molecule has 2 rings (SSSR count). The lowest BCUT2D eigenvalue weighted by molar-refractivity contribution is -0.123. The second-order valence-electron chi connectivity index (χ2n) is 5.98. The van der Waals surface area contributed by atoms with Gasteiger partial charge in [0.25, 0.3) is 5.91 Å². The summed E-state index contributed by atoms with van der Waals surface area (Å²) in [5.41, 5.74) is 2.56. The molecule has 8 heteroatoms. The van der Waals surface area contributed by atoms with Crippen LogP contribution < -0.4 is 10.6 Å². The van der Waals surface area contributed by atoms with Crippen molar-refractivity contribution in [2.45, 2.75) is 24.9 Å². The molecule has 0 aliphatic heterocycles. The van der Waals surface area contributed by atoms with E-state index in [9.17, 15) is 22.8 Å². The fraction of sp³-hybridized carbons (Fsp3) is 0.263. The van der Waals surface area contributed by atoms with E-state index in [2.05, 4.69) is 5.32 Å². The van der Waals surface area contributed by atoms with E-state index >= 15 is 0 Å². The summed E-state index contributed by atoms with van der Waals surface area (Å²) in [6.45, 7) is 2.52. The normalized spacial score (nSPS) is 11.1. The Morgan fingerprint density at radius 2 is 1.81 bits per heavy atom. The summed E-state index contributed by atoms with van der Waals surface area (Å²) in [6.07, 6.45) is -4.48. The van der Waals surface area contributed by atoms with E-state index in [0.717, 1.165) is 16.0 Å². The molecule has 4 nitrogen and oxygen atoms in total. The van der Waals surface area contributed by atoms with Gasteiger partial charge in [-0.15, -0.1) is 11.8 Å². The van der Waals surface area contributed by atoms with Crippen molar-refractivity contribution in [3.8, 4) is 0 Å². The number of aryl methyl sites for hydroxylation is 2. The number of thioether (sulfide) groups is 1. The van der Waals surface area contributed by atoms with E-state index in [0.29, 0.717) is 5.69 Å². The summed E-state index contributed by atoms with van der Waals surface area (Å²) >= 11 is 1.39. The molecular weight excluding hydrogens is 377 g/mol. The highest BCUT2D eigenvalue weighted by Crippen LogP contribution is 2.23. The zero-order chi connectivity index (χ0) is 20.0. The third-order valence-corrected chi connectivity index (χ3v) is 4.72. The van der Waals surface area contributed by atoms with E-state index in [1.54, 1.807) is 11.4 Å². The first kappa shape index (κ1) is 20.8. The molecule has 0 unspecified atom stereocenters. The van der Waals surface area contributed by atoms with E-state index < -0.39 is 18.6 Å². The minimum atomic E-state index is -4.48. The van der Waals surface area contributed by atoms with Crippen molar-refractivity contribution in [1.29, 1.82) is 0 Å². The highest BCUT2D eigenvalue weighted by atomic mass is 32.2. The van der Waals surface area contributed by atoms with Crippen LogP contribution in [0.15, 0.2) is 47.4 Å². The van der Waals surface area contributed by atoms with Crippen molar-refractivity contribution in [2.24, 2.45) is 0 Å². The van der Waals surface area contributed by atoms with Crippen molar-refractivity contribution in [1.82, 2.24) is 5.32 Å². The van der Waals surface area contributed by atoms with Crippen molar-refractivity contribution >= 4 is 29.3 Å². The lowest BCUT2D eigenvalue weighted by Crippen LogP contribution is -2.33. The number of halogens is 3. The van der Waals surface area contributed by atoms with Gasteiger partial charge in [0.05, 0.1) is 5.75 Å². The van der Waals surface area contributed by atoms with Gasteiger partial charge in [-0.3, -0.25) is 9.59 Å². The third-order valence-electron chi connectivity index (χ3n) is 3.56. The number of carbonyl (C=O) groups is 2. The first-order valence-corrected chi connectivity index (χ1v) is 9.07. The van der Waals surface area contributed by atoms with Crippen LogP contribution in [0.5, 0.6) is 0 Å². The Kier molecular flexibility index (Phi) is 6.90. The zero-order valence-corrected chi connectivity index (χ0v) is 15.6. The lowest BCUT2D eigenvalue weighted by atomic mass is 10.2. The van der Waals surface area contributed by atoms with Gasteiger partial charge >= 0.3 is 6.18 Å². The molecule has 0 saturated heterocycles. The maximum atomic E-state index is 12.2. The Balaban J connectivity index is 1.94. The first-order chi connectivity index (χ1) is 12.6.